The molecule has 0 heterocycles. The Bertz CT molecular complexity index is 23.0. The van der Waals surface area contributed by atoms with Crippen molar-refractivity contribution < 1.29 is 0 Å². The maximum atomic E-state index is 2.33. The first-order chi connectivity index (χ1) is 2.00. The number of rotatable bonds is 0. The molecule has 0 saturated carbocycles. The predicted octanol–water partition coefficient (Wildman–Crippen LogP) is 1.87. The van der Waals surface area contributed by atoms with Gasteiger partial charge in [-0.15, -0.1) is 24.0 Å². The normalized spacial score (nSPS) is 12.7. The van der Waals surface area contributed by atoms with Crippen LogP contribution in [0.5, 0.6) is 0 Å². The van der Waals surface area contributed by atoms with Gasteiger partial charge in [0.25, 0.3) is 0 Å². The number of hydrogen-bond donors (Lipinski definition) is 0. The molecule has 0 aromatic heterocycles. The monoisotopic (exact) mass is 220 g/mol. The average Bonchev–Trinajstić information content (AvgIpc) is 0.722. The van der Waals surface area contributed by atoms with Gasteiger partial charge < -0.3 is 0 Å². The van der Waals surface area contributed by atoms with Crippen LogP contribution in [0.4, 0.5) is 0 Å². The van der Waals surface area contributed by atoms with Gasteiger partial charge in [0.2, 0.25) is 0 Å². The molecule has 0 bridgehead atoms. The molecule has 0 N–H and O–H groups in total. The molecule has 0 spiro atoms. The first-order valence-electron chi connectivity index (χ1n) is 2.00. The molecular formula is C4H14IP. The summed E-state index contributed by atoms with van der Waals surface area (Å²) in [6.07, 6.45) is 0. The maximum Gasteiger partial charge on any atom is -0.107 e. The third-order valence-corrected chi connectivity index (χ3v) is 0. The molecular weight excluding hydrogens is 206 g/mol. The fourth-order valence-corrected chi connectivity index (χ4v) is 0. The standard InChI is InChI=1S/C4H13P.HI/c1-5(2,3)4;/h5H,1-4H3;1H. The van der Waals surface area contributed by atoms with Crippen LogP contribution in [0, 0.1) is 0 Å². The number of halogens is 1. The van der Waals surface area contributed by atoms with Crippen LogP contribution in [0.1, 0.15) is 0 Å². The van der Waals surface area contributed by atoms with Crippen LogP contribution >= 0.6 is 31.2 Å². The van der Waals surface area contributed by atoms with Crippen molar-refractivity contribution in [2.24, 2.45) is 0 Å². The van der Waals surface area contributed by atoms with E-state index in [4.69, 9.17) is 0 Å². The van der Waals surface area contributed by atoms with Gasteiger partial charge in [-0.05, 0) is 0 Å². The molecule has 0 unspecified atom stereocenters. The van der Waals surface area contributed by atoms with Crippen molar-refractivity contribution in [3.05, 3.63) is 0 Å². The summed E-state index contributed by atoms with van der Waals surface area (Å²) in [4.78, 5) is 0. The SMILES string of the molecule is C[PH](C)(C)C.I. The molecule has 0 aliphatic heterocycles. The molecule has 0 atom stereocenters. The van der Waals surface area contributed by atoms with E-state index in [0.29, 0.717) is 0 Å². The molecule has 0 aliphatic rings. The molecule has 0 radical (unpaired) electrons. The van der Waals surface area contributed by atoms with E-state index in [1.54, 1.807) is 0 Å². The zero-order chi connectivity index (χ0) is 4.50. The summed E-state index contributed by atoms with van der Waals surface area (Å²) in [6, 6.07) is 0. The van der Waals surface area contributed by atoms with Gasteiger partial charge in [0.05, 0.1) is 0 Å². The minimum absolute atomic E-state index is 0. The Morgan fingerprint density at radius 3 is 0.833 bits per heavy atom. The summed E-state index contributed by atoms with van der Waals surface area (Å²) in [5, 5.41) is 0. The van der Waals surface area contributed by atoms with E-state index in [1.807, 2.05) is 0 Å². The zero-order valence-corrected chi connectivity index (χ0v) is 8.24. The quantitative estimate of drug-likeness (QED) is 0.431. The second-order valence-corrected chi connectivity index (χ2v) is 9.00. The Balaban J connectivity index is 0. The van der Waals surface area contributed by atoms with Gasteiger partial charge in [0, 0.05) is 0 Å². The van der Waals surface area contributed by atoms with Crippen molar-refractivity contribution in [2.45, 2.75) is 0 Å². The van der Waals surface area contributed by atoms with Crippen LogP contribution in [-0.2, 0) is 0 Å². The molecule has 0 aromatic carbocycles. The Morgan fingerprint density at radius 2 is 0.833 bits per heavy atom. The van der Waals surface area contributed by atoms with Crippen LogP contribution in [0.25, 0.3) is 0 Å². The Morgan fingerprint density at radius 1 is 0.833 bits per heavy atom. The van der Waals surface area contributed by atoms with Gasteiger partial charge in [-0.25, -0.2) is 0 Å². The van der Waals surface area contributed by atoms with Gasteiger partial charge >= 0.3 is 33.9 Å². The van der Waals surface area contributed by atoms with Crippen molar-refractivity contribution in [1.29, 1.82) is 0 Å². The smallest absolute Gasteiger partial charge is 0.107 e. The van der Waals surface area contributed by atoms with Crippen molar-refractivity contribution in [2.75, 3.05) is 26.7 Å². The first-order valence-corrected chi connectivity index (χ1v) is 6.00. The summed E-state index contributed by atoms with van der Waals surface area (Å²) >= 11 is 0. The van der Waals surface area contributed by atoms with E-state index in [9.17, 15) is 0 Å². The second-order valence-electron chi connectivity index (χ2n) is 3.00. The molecule has 0 amide bonds. The fraction of sp³-hybridized carbons (Fsp3) is 1.00. The van der Waals surface area contributed by atoms with E-state index >= 15 is 0 Å². The van der Waals surface area contributed by atoms with Crippen molar-refractivity contribution in [1.82, 2.24) is 0 Å². The molecule has 0 aliphatic carbocycles. The predicted molar refractivity (Wildman–Crippen MR) is 47.4 cm³/mol. The summed E-state index contributed by atoms with van der Waals surface area (Å²) < 4.78 is 0. The van der Waals surface area contributed by atoms with E-state index in [1.165, 1.54) is 0 Å². The van der Waals surface area contributed by atoms with Gasteiger partial charge in [-0.3, -0.25) is 0 Å². The van der Waals surface area contributed by atoms with Crippen LogP contribution in [0.15, 0.2) is 0 Å². The third-order valence-electron chi connectivity index (χ3n) is 0. The molecule has 0 saturated heterocycles. The van der Waals surface area contributed by atoms with E-state index in [0.717, 1.165) is 0 Å². The summed E-state index contributed by atoms with van der Waals surface area (Å²) in [5.41, 5.74) is 0. The Kier molecular flexibility index (Phi) is 5.44. The average molecular weight is 220 g/mol. The van der Waals surface area contributed by atoms with Crippen LogP contribution in [0.3, 0.4) is 0 Å². The molecule has 6 heavy (non-hydrogen) atoms. The van der Waals surface area contributed by atoms with Crippen molar-refractivity contribution in [3.63, 3.8) is 0 Å². The van der Waals surface area contributed by atoms with Crippen LogP contribution in [-0.4, -0.2) is 26.7 Å². The number of hydrogen-bond acceptors (Lipinski definition) is 0. The maximum absolute atomic E-state index is 2.33. The Hall–Kier alpha value is 1.16. The van der Waals surface area contributed by atoms with Crippen LogP contribution < -0.4 is 0 Å². The largest absolute Gasteiger partial charge is 0.107 e. The minimum Gasteiger partial charge on any atom is -0.107 e. The van der Waals surface area contributed by atoms with E-state index < -0.39 is 7.26 Å². The third kappa shape index (κ3) is 66.4. The molecule has 0 nitrogen and oxygen atoms in total. The van der Waals surface area contributed by atoms with Crippen LogP contribution in [0.2, 0.25) is 0 Å². The van der Waals surface area contributed by atoms with E-state index in [2.05, 4.69) is 26.7 Å². The van der Waals surface area contributed by atoms with Gasteiger partial charge in [0.1, 0.15) is 0 Å². The van der Waals surface area contributed by atoms with Gasteiger partial charge in [0.15, 0.2) is 0 Å². The molecule has 42 valence electrons. The van der Waals surface area contributed by atoms with Gasteiger partial charge in [-0.1, -0.05) is 0 Å². The zero-order valence-electron chi connectivity index (χ0n) is 4.91. The Labute approximate surface area is 58.1 Å². The summed E-state index contributed by atoms with van der Waals surface area (Å²) in [7, 11) is -0.611. The van der Waals surface area contributed by atoms with Gasteiger partial charge in [-0.2, -0.15) is 0 Å². The summed E-state index contributed by atoms with van der Waals surface area (Å²) in [6.45, 7) is 9.31. The molecule has 0 rings (SSSR count). The topological polar surface area (TPSA) is 0 Å². The molecule has 2 heteroatoms. The minimum atomic E-state index is -0.611. The molecule has 0 aromatic rings. The second kappa shape index (κ2) is 3.20. The van der Waals surface area contributed by atoms with E-state index in [-0.39, 0.29) is 24.0 Å². The molecule has 0 fully saturated rings. The van der Waals surface area contributed by atoms with Crippen molar-refractivity contribution in [3.8, 4) is 0 Å². The summed E-state index contributed by atoms with van der Waals surface area (Å²) in [5.74, 6) is 0. The first kappa shape index (κ1) is 10.2. The fourth-order valence-electron chi connectivity index (χ4n) is 0. The van der Waals surface area contributed by atoms with Crippen molar-refractivity contribution >= 4 is 31.2 Å².